The molecule has 0 bridgehead atoms. The smallest absolute Gasteiger partial charge is 0.290 e. The van der Waals surface area contributed by atoms with Crippen molar-refractivity contribution in [3.8, 4) is 5.75 Å². The summed E-state index contributed by atoms with van der Waals surface area (Å²) in [6.45, 7) is 0. The fraction of sp³-hybridized carbons (Fsp3) is 0. The summed E-state index contributed by atoms with van der Waals surface area (Å²) in [6, 6.07) is 1.17. The van der Waals surface area contributed by atoms with Gasteiger partial charge in [0.25, 0.3) is 5.56 Å². The van der Waals surface area contributed by atoms with E-state index in [0.29, 0.717) is 4.60 Å². The molecule has 0 atom stereocenters. The van der Waals surface area contributed by atoms with E-state index in [-0.39, 0.29) is 10.8 Å². The third-order valence-electron chi connectivity index (χ3n) is 0.929. The highest BCUT2D eigenvalue weighted by Gasteiger charge is 2.01. The van der Waals surface area contributed by atoms with Gasteiger partial charge in [-0.25, -0.2) is 0 Å². The van der Waals surface area contributed by atoms with Crippen LogP contribution in [0.1, 0.15) is 0 Å². The number of H-pyrrole nitrogens is 1. The fourth-order valence-corrected chi connectivity index (χ4v) is 0.917. The number of aromatic amines is 1. The van der Waals surface area contributed by atoms with Gasteiger partial charge in [0.15, 0.2) is 5.75 Å². The summed E-state index contributed by atoms with van der Waals surface area (Å²) in [5.74, 6) is -0.381. The molecule has 0 aromatic carbocycles. The van der Waals surface area contributed by atoms with Crippen LogP contribution in [0.2, 0.25) is 5.02 Å². The molecule has 5 heteroatoms. The quantitative estimate of drug-likeness (QED) is 0.656. The van der Waals surface area contributed by atoms with E-state index in [0.717, 1.165) is 0 Å². The van der Waals surface area contributed by atoms with Crippen LogP contribution < -0.4 is 5.56 Å². The Kier molecular flexibility index (Phi) is 2.01. The Morgan fingerprint density at radius 1 is 1.70 bits per heavy atom. The summed E-state index contributed by atoms with van der Waals surface area (Å²) in [6.07, 6.45) is 0. The molecule has 2 N–H and O–H groups in total. The van der Waals surface area contributed by atoms with Crippen molar-refractivity contribution in [2.45, 2.75) is 0 Å². The zero-order valence-electron chi connectivity index (χ0n) is 4.69. The lowest BCUT2D eigenvalue weighted by atomic mass is 10.5. The Balaban J connectivity index is 3.43. The molecular formula is C5H3BrClNO2. The van der Waals surface area contributed by atoms with Crippen LogP contribution in [0.25, 0.3) is 0 Å². The largest absolute Gasteiger partial charge is 0.503 e. The van der Waals surface area contributed by atoms with Crippen LogP contribution in [-0.4, -0.2) is 10.1 Å². The first-order valence-electron chi connectivity index (χ1n) is 2.38. The topological polar surface area (TPSA) is 53.1 Å². The summed E-state index contributed by atoms with van der Waals surface area (Å²) in [7, 11) is 0. The second-order valence-corrected chi connectivity index (χ2v) is 2.85. The van der Waals surface area contributed by atoms with Gasteiger partial charge in [-0.15, -0.1) is 0 Å². The lowest BCUT2D eigenvalue weighted by Gasteiger charge is -1.94. The molecular weight excluding hydrogens is 221 g/mol. The van der Waals surface area contributed by atoms with Gasteiger partial charge >= 0.3 is 0 Å². The Bertz CT molecular complexity index is 309. The average molecular weight is 224 g/mol. The van der Waals surface area contributed by atoms with Crippen molar-refractivity contribution in [3.05, 3.63) is 26.0 Å². The molecule has 0 saturated carbocycles. The lowest BCUT2D eigenvalue weighted by Crippen LogP contribution is -2.04. The van der Waals surface area contributed by atoms with Crippen molar-refractivity contribution >= 4 is 27.5 Å². The Morgan fingerprint density at radius 3 is 2.80 bits per heavy atom. The Labute approximate surface area is 69.8 Å². The molecule has 10 heavy (non-hydrogen) atoms. The van der Waals surface area contributed by atoms with Crippen molar-refractivity contribution in [1.29, 1.82) is 0 Å². The standard InChI is InChI=1S/C5H3BrClNO2/c6-4-2(7)1-3(9)5(10)8-4/h1,9H,(H,8,10). The predicted octanol–water partition coefficient (Wildman–Crippen LogP) is 1.50. The summed E-state index contributed by atoms with van der Waals surface area (Å²) >= 11 is 8.49. The molecule has 0 saturated heterocycles. The fourth-order valence-electron chi connectivity index (χ4n) is 0.472. The number of halogens is 2. The average Bonchev–Trinajstić information content (AvgIpc) is 1.84. The van der Waals surface area contributed by atoms with E-state index in [1.807, 2.05) is 0 Å². The van der Waals surface area contributed by atoms with Gasteiger partial charge in [0.2, 0.25) is 0 Å². The van der Waals surface area contributed by atoms with Crippen molar-refractivity contribution in [3.63, 3.8) is 0 Å². The van der Waals surface area contributed by atoms with E-state index in [9.17, 15) is 4.79 Å². The molecule has 0 unspecified atom stereocenters. The summed E-state index contributed by atoms with van der Waals surface area (Å²) in [5.41, 5.74) is -0.559. The molecule has 0 spiro atoms. The maximum absolute atomic E-state index is 10.6. The van der Waals surface area contributed by atoms with Crippen molar-refractivity contribution < 1.29 is 5.11 Å². The molecule has 0 aliphatic rings. The van der Waals surface area contributed by atoms with Crippen molar-refractivity contribution in [2.24, 2.45) is 0 Å². The highest BCUT2D eigenvalue weighted by molar-refractivity contribution is 9.10. The van der Waals surface area contributed by atoms with Crippen LogP contribution in [0.15, 0.2) is 15.5 Å². The first-order chi connectivity index (χ1) is 4.61. The molecule has 0 fully saturated rings. The number of aromatic nitrogens is 1. The molecule has 0 amide bonds. The van der Waals surface area contributed by atoms with Crippen molar-refractivity contribution in [2.75, 3.05) is 0 Å². The van der Waals surface area contributed by atoms with E-state index >= 15 is 0 Å². The van der Waals surface area contributed by atoms with Gasteiger partial charge in [-0.05, 0) is 15.9 Å². The van der Waals surface area contributed by atoms with Gasteiger partial charge in [0.05, 0.1) is 5.02 Å². The summed E-state index contributed by atoms with van der Waals surface area (Å²) in [5, 5.41) is 9.05. The minimum atomic E-state index is -0.559. The molecule has 3 nitrogen and oxygen atoms in total. The minimum Gasteiger partial charge on any atom is -0.503 e. The zero-order valence-corrected chi connectivity index (χ0v) is 7.03. The molecule has 1 heterocycles. The zero-order chi connectivity index (χ0) is 7.72. The second-order valence-electron chi connectivity index (χ2n) is 1.65. The monoisotopic (exact) mass is 223 g/mol. The van der Waals surface area contributed by atoms with E-state index in [4.69, 9.17) is 16.7 Å². The van der Waals surface area contributed by atoms with E-state index in [1.54, 1.807) is 0 Å². The number of aromatic hydroxyl groups is 1. The molecule has 54 valence electrons. The summed E-state index contributed by atoms with van der Waals surface area (Å²) in [4.78, 5) is 12.9. The molecule has 1 aromatic rings. The van der Waals surface area contributed by atoms with Crippen LogP contribution in [-0.2, 0) is 0 Å². The van der Waals surface area contributed by atoms with E-state index in [1.165, 1.54) is 6.07 Å². The lowest BCUT2D eigenvalue weighted by molar-refractivity contribution is 0.466. The number of rotatable bonds is 0. The third kappa shape index (κ3) is 1.33. The number of pyridine rings is 1. The highest BCUT2D eigenvalue weighted by atomic mass is 79.9. The SMILES string of the molecule is O=c1[nH]c(Br)c(Cl)cc1O. The molecule has 1 rings (SSSR count). The number of hydrogen-bond donors (Lipinski definition) is 2. The van der Waals surface area contributed by atoms with Crippen LogP contribution in [0.3, 0.4) is 0 Å². The van der Waals surface area contributed by atoms with Crippen molar-refractivity contribution in [1.82, 2.24) is 4.98 Å². The molecule has 1 aromatic heterocycles. The molecule has 0 aliphatic heterocycles. The third-order valence-corrected chi connectivity index (χ3v) is 2.08. The molecule has 0 radical (unpaired) electrons. The van der Waals surface area contributed by atoms with Gasteiger partial charge < -0.3 is 10.1 Å². The van der Waals surface area contributed by atoms with E-state index < -0.39 is 5.56 Å². The summed E-state index contributed by atoms with van der Waals surface area (Å²) < 4.78 is 0.372. The van der Waals surface area contributed by atoms with Gasteiger partial charge in [-0.3, -0.25) is 4.79 Å². The Morgan fingerprint density at radius 2 is 2.30 bits per heavy atom. The molecule has 0 aliphatic carbocycles. The van der Waals surface area contributed by atoms with Gasteiger partial charge in [0.1, 0.15) is 4.60 Å². The Hall–Kier alpha value is -0.480. The van der Waals surface area contributed by atoms with Crippen LogP contribution in [0, 0.1) is 0 Å². The highest BCUT2D eigenvalue weighted by Crippen LogP contribution is 2.20. The minimum absolute atomic E-state index is 0.275. The normalized spacial score (nSPS) is 9.80. The number of hydrogen-bond acceptors (Lipinski definition) is 2. The van der Waals surface area contributed by atoms with Crippen LogP contribution >= 0.6 is 27.5 Å². The first kappa shape index (κ1) is 7.63. The van der Waals surface area contributed by atoms with Gasteiger partial charge in [-0.1, -0.05) is 11.6 Å². The maximum atomic E-state index is 10.6. The van der Waals surface area contributed by atoms with Gasteiger partial charge in [0, 0.05) is 6.07 Å². The van der Waals surface area contributed by atoms with Crippen LogP contribution in [0.4, 0.5) is 0 Å². The van der Waals surface area contributed by atoms with E-state index in [2.05, 4.69) is 20.9 Å². The van der Waals surface area contributed by atoms with Crippen LogP contribution in [0.5, 0.6) is 5.75 Å². The second kappa shape index (κ2) is 2.64. The maximum Gasteiger partial charge on any atom is 0.290 e. The number of nitrogens with one attached hydrogen (secondary N) is 1. The predicted molar refractivity (Wildman–Crippen MR) is 41.4 cm³/mol. The first-order valence-corrected chi connectivity index (χ1v) is 3.55. The van der Waals surface area contributed by atoms with Gasteiger partial charge in [-0.2, -0.15) is 0 Å².